The van der Waals surface area contributed by atoms with E-state index in [1.165, 1.54) is 6.08 Å². The molecule has 0 spiro atoms. The summed E-state index contributed by atoms with van der Waals surface area (Å²) in [4.78, 5) is 10.5. The second kappa shape index (κ2) is 4.65. The van der Waals surface area contributed by atoms with Crippen molar-refractivity contribution in [2.24, 2.45) is 0 Å². The van der Waals surface area contributed by atoms with Crippen LogP contribution in [0.1, 0.15) is 11.3 Å². The lowest BCUT2D eigenvalue weighted by Gasteiger charge is -1.96. The van der Waals surface area contributed by atoms with Crippen molar-refractivity contribution in [3.63, 3.8) is 0 Å². The standard InChI is InChI=1S/C13H11NO3/c1-9-11(7-8-12(15)16)13(17-14-9)10-5-3-2-4-6-10/h2-8H,1H3,(H,15,16). The first-order valence-corrected chi connectivity index (χ1v) is 5.11. The summed E-state index contributed by atoms with van der Waals surface area (Å²) in [6, 6.07) is 9.45. The summed E-state index contributed by atoms with van der Waals surface area (Å²) >= 11 is 0. The van der Waals surface area contributed by atoms with Gasteiger partial charge in [0.25, 0.3) is 0 Å². The summed E-state index contributed by atoms with van der Waals surface area (Å²) < 4.78 is 5.22. The molecule has 2 aromatic rings. The minimum Gasteiger partial charge on any atom is -0.478 e. The highest BCUT2D eigenvalue weighted by Crippen LogP contribution is 2.26. The van der Waals surface area contributed by atoms with Crippen molar-refractivity contribution in [3.8, 4) is 11.3 Å². The van der Waals surface area contributed by atoms with Crippen molar-refractivity contribution >= 4 is 12.0 Å². The maximum absolute atomic E-state index is 10.5. The number of benzene rings is 1. The Bertz CT molecular complexity index is 555. The molecule has 0 aliphatic heterocycles. The molecule has 0 aliphatic carbocycles. The van der Waals surface area contributed by atoms with Gasteiger partial charge in [0.1, 0.15) is 0 Å². The molecule has 4 heteroatoms. The number of rotatable bonds is 3. The van der Waals surface area contributed by atoms with Crippen molar-refractivity contribution in [1.29, 1.82) is 0 Å². The quantitative estimate of drug-likeness (QED) is 0.822. The van der Waals surface area contributed by atoms with E-state index in [-0.39, 0.29) is 0 Å². The van der Waals surface area contributed by atoms with Gasteiger partial charge in [-0.25, -0.2) is 4.79 Å². The smallest absolute Gasteiger partial charge is 0.328 e. The Morgan fingerprint density at radius 2 is 2.06 bits per heavy atom. The zero-order valence-electron chi connectivity index (χ0n) is 9.25. The van der Waals surface area contributed by atoms with Crippen LogP contribution >= 0.6 is 0 Å². The van der Waals surface area contributed by atoms with E-state index in [1.807, 2.05) is 30.3 Å². The summed E-state index contributed by atoms with van der Waals surface area (Å²) in [5.41, 5.74) is 2.23. The second-order valence-corrected chi connectivity index (χ2v) is 3.55. The molecule has 17 heavy (non-hydrogen) atoms. The van der Waals surface area contributed by atoms with E-state index in [2.05, 4.69) is 5.16 Å². The fourth-order valence-electron chi connectivity index (χ4n) is 1.53. The first kappa shape index (κ1) is 11.1. The molecule has 1 N–H and O–H groups in total. The van der Waals surface area contributed by atoms with Gasteiger partial charge in [-0.3, -0.25) is 0 Å². The van der Waals surface area contributed by atoms with Crippen molar-refractivity contribution in [2.45, 2.75) is 6.92 Å². The van der Waals surface area contributed by atoms with E-state index in [4.69, 9.17) is 9.63 Å². The number of aryl methyl sites for hydroxylation is 1. The lowest BCUT2D eigenvalue weighted by molar-refractivity contribution is -0.131. The third kappa shape index (κ3) is 2.42. The topological polar surface area (TPSA) is 63.3 Å². The van der Waals surface area contributed by atoms with Gasteiger partial charge in [0.2, 0.25) is 0 Å². The fourth-order valence-corrected chi connectivity index (χ4v) is 1.53. The van der Waals surface area contributed by atoms with Crippen LogP contribution in [0, 0.1) is 6.92 Å². The van der Waals surface area contributed by atoms with Crippen LogP contribution in [-0.2, 0) is 4.79 Å². The van der Waals surface area contributed by atoms with E-state index in [0.717, 1.165) is 11.6 Å². The minimum absolute atomic E-state index is 0.584. The lowest BCUT2D eigenvalue weighted by atomic mass is 10.1. The number of carboxylic acids is 1. The molecule has 0 atom stereocenters. The van der Waals surface area contributed by atoms with Crippen LogP contribution in [0.5, 0.6) is 0 Å². The van der Waals surface area contributed by atoms with Gasteiger partial charge in [-0.1, -0.05) is 35.5 Å². The highest BCUT2D eigenvalue weighted by Gasteiger charge is 2.12. The zero-order chi connectivity index (χ0) is 12.3. The maximum atomic E-state index is 10.5. The monoisotopic (exact) mass is 229 g/mol. The summed E-state index contributed by atoms with van der Waals surface area (Å²) in [5, 5.41) is 12.5. The average molecular weight is 229 g/mol. The SMILES string of the molecule is Cc1noc(-c2ccccc2)c1C=CC(=O)O. The average Bonchev–Trinajstić information content (AvgIpc) is 2.69. The summed E-state index contributed by atoms with van der Waals surface area (Å²) in [7, 11) is 0. The number of hydrogen-bond donors (Lipinski definition) is 1. The van der Waals surface area contributed by atoms with Gasteiger partial charge in [-0.2, -0.15) is 0 Å². The maximum Gasteiger partial charge on any atom is 0.328 e. The highest BCUT2D eigenvalue weighted by atomic mass is 16.5. The predicted molar refractivity (Wildman–Crippen MR) is 63.3 cm³/mol. The van der Waals surface area contributed by atoms with Gasteiger partial charge < -0.3 is 9.63 Å². The summed E-state index contributed by atoms with van der Waals surface area (Å²) in [5.74, 6) is -0.412. The molecule has 1 aromatic heterocycles. The molecule has 1 aromatic carbocycles. The largest absolute Gasteiger partial charge is 0.478 e. The summed E-state index contributed by atoms with van der Waals surface area (Å²) in [6.45, 7) is 1.78. The Kier molecular flexibility index (Phi) is 3.05. The number of nitrogens with zero attached hydrogens (tertiary/aromatic N) is 1. The Balaban J connectivity index is 2.46. The molecule has 0 bridgehead atoms. The molecule has 4 nitrogen and oxygen atoms in total. The van der Waals surface area contributed by atoms with E-state index in [1.54, 1.807) is 6.92 Å². The summed E-state index contributed by atoms with van der Waals surface area (Å²) in [6.07, 6.45) is 2.57. The Morgan fingerprint density at radius 3 is 2.71 bits per heavy atom. The third-order valence-corrected chi connectivity index (χ3v) is 2.34. The van der Waals surface area contributed by atoms with E-state index in [9.17, 15) is 4.79 Å². The van der Waals surface area contributed by atoms with Crippen LogP contribution in [-0.4, -0.2) is 16.2 Å². The lowest BCUT2D eigenvalue weighted by Crippen LogP contribution is -1.87. The molecule has 0 saturated carbocycles. The normalized spacial score (nSPS) is 10.9. The van der Waals surface area contributed by atoms with Gasteiger partial charge >= 0.3 is 5.97 Å². The predicted octanol–water partition coefficient (Wildman–Crippen LogP) is 2.75. The van der Waals surface area contributed by atoms with E-state index in [0.29, 0.717) is 17.0 Å². The molecule has 86 valence electrons. The fraction of sp³-hybridized carbons (Fsp3) is 0.0769. The number of carboxylic acid groups (broad SMARTS) is 1. The van der Waals surface area contributed by atoms with Crippen molar-refractivity contribution in [3.05, 3.63) is 47.7 Å². The van der Waals surface area contributed by atoms with Crippen molar-refractivity contribution in [2.75, 3.05) is 0 Å². The Hall–Kier alpha value is -2.36. The van der Waals surface area contributed by atoms with E-state index >= 15 is 0 Å². The number of carbonyl (C=O) groups is 1. The van der Waals surface area contributed by atoms with E-state index < -0.39 is 5.97 Å². The van der Waals surface area contributed by atoms with Gasteiger partial charge in [0, 0.05) is 17.2 Å². The molecule has 1 heterocycles. The zero-order valence-corrected chi connectivity index (χ0v) is 9.25. The number of aliphatic carboxylic acids is 1. The molecule has 0 unspecified atom stereocenters. The molecule has 0 radical (unpaired) electrons. The number of aromatic nitrogens is 1. The first-order valence-electron chi connectivity index (χ1n) is 5.11. The van der Waals surface area contributed by atoms with Crippen molar-refractivity contribution in [1.82, 2.24) is 5.16 Å². The Morgan fingerprint density at radius 1 is 1.35 bits per heavy atom. The first-order chi connectivity index (χ1) is 8.18. The molecule has 0 aliphatic rings. The van der Waals surface area contributed by atoms with Crippen LogP contribution in [0.15, 0.2) is 40.9 Å². The van der Waals surface area contributed by atoms with Crippen LogP contribution in [0.2, 0.25) is 0 Å². The molecule has 0 amide bonds. The molecule has 0 fully saturated rings. The minimum atomic E-state index is -0.996. The van der Waals surface area contributed by atoms with Crippen LogP contribution in [0.4, 0.5) is 0 Å². The van der Waals surface area contributed by atoms with Crippen LogP contribution in [0.3, 0.4) is 0 Å². The van der Waals surface area contributed by atoms with Crippen molar-refractivity contribution < 1.29 is 14.4 Å². The van der Waals surface area contributed by atoms with Gasteiger partial charge in [-0.15, -0.1) is 0 Å². The van der Waals surface area contributed by atoms with Crippen LogP contribution < -0.4 is 0 Å². The van der Waals surface area contributed by atoms with Crippen LogP contribution in [0.25, 0.3) is 17.4 Å². The number of hydrogen-bond acceptors (Lipinski definition) is 3. The highest BCUT2D eigenvalue weighted by molar-refractivity contribution is 5.87. The third-order valence-electron chi connectivity index (χ3n) is 2.34. The van der Waals surface area contributed by atoms with Gasteiger partial charge in [0.05, 0.1) is 5.69 Å². The van der Waals surface area contributed by atoms with Gasteiger partial charge in [0.15, 0.2) is 5.76 Å². The molecule has 0 saturated heterocycles. The molecular weight excluding hydrogens is 218 g/mol. The molecular formula is C13H11NO3. The Labute approximate surface area is 98.2 Å². The molecule has 2 rings (SSSR count). The second-order valence-electron chi connectivity index (χ2n) is 3.55. The van der Waals surface area contributed by atoms with Gasteiger partial charge in [-0.05, 0) is 13.0 Å².